The molecule has 0 aliphatic carbocycles. The molecule has 0 radical (unpaired) electrons. The molecule has 3 heterocycles. The van der Waals surface area contributed by atoms with Crippen molar-refractivity contribution in [3.8, 4) is 16.8 Å². The predicted octanol–water partition coefficient (Wildman–Crippen LogP) is 4.00. The summed E-state index contributed by atoms with van der Waals surface area (Å²) < 4.78 is 16.4. The first kappa shape index (κ1) is 15.0. The smallest absolute Gasteiger partial charge is 0.145 e. The quantitative estimate of drug-likeness (QED) is 0.716. The Morgan fingerprint density at radius 3 is 2.75 bits per heavy atom. The average Bonchev–Trinajstić information content (AvgIpc) is 2.95. The number of aryl methyl sites for hydroxylation is 3. The summed E-state index contributed by atoms with van der Waals surface area (Å²) >= 11 is 0. The minimum absolute atomic E-state index is 0.103. The van der Waals surface area contributed by atoms with Crippen LogP contribution < -0.4 is 0 Å². The number of rotatable bonds is 2. The number of hydrogen-bond acceptors (Lipinski definition) is 3. The Kier molecular flexibility index (Phi) is 3.44. The van der Waals surface area contributed by atoms with Crippen LogP contribution in [0, 0.1) is 12.7 Å². The van der Waals surface area contributed by atoms with Gasteiger partial charge in [0.15, 0.2) is 0 Å². The van der Waals surface area contributed by atoms with Gasteiger partial charge in [0.25, 0.3) is 0 Å². The summed E-state index contributed by atoms with van der Waals surface area (Å²) in [6.07, 6.45) is 4.85. The Bertz CT molecular complexity index is 927. The van der Waals surface area contributed by atoms with Gasteiger partial charge in [-0.3, -0.25) is 9.55 Å². The molecule has 0 N–H and O–H groups in total. The van der Waals surface area contributed by atoms with Crippen molar-refractivity contribution in [1.29, 1.82) is 0 Å². The van der Waals surface area contributed by atoms with Crippen molar-refractivity contribution in [1.82, 2.24) is 19.7 Å². The molecule has 0 saturated heterocycles. The molecule has 5 heteroatoms. The molecule has 0 atom stereocenters. The lowest BCUT2D eigenvalue weighted by atomic mass is 9.91. The van der Waals surface area contributed by atoms with Crippen LogP contribution in [0.25, 0.3) is 16.8 Å². The molecule has 4 rings (SSSR count). The lowest BCUT2D eigenvalue weighted by Gasteiger charge is -2.21. The van der Waals surface area contributed by atoms with Crippen LogP contribution in [0.5, 0.6) is 0 Å². The fraction of sp³-hybridized carbons (Fsp3) is 0.316. The third kappa shape index (κ3) is 2.23. The molecule has 0 unspecified atom stereocenters. The van der Waals surface area contributed by atoms with E-state index < -0.39 is 0 Å². The molecule has 0 amide bonds. The fourth-order valence-electron chi connectivity index (χ4n) is 3.56. The van der Waals surface area contributed by atoms with Crippen molar-refractivity contribution in [2.24, 2.45) is 0 Å². The lowest BCUT2D eigenvalue weighted by molar-refractivity contribution is 0.593. The van der Waals surface area contributed by atoms with Crippen molar-refractivity contribution < 1.29 is 4.39 Å². The van der Waals surface area contributed by atoms with Crippen LogP contribution in [0.15, 0.2) is 30.6 Å². The Labute approximate surface area is 140 Å². The molecule has 4 nitrogen and oxygen atoms in total. The highest BCUT2D eigenvalue weighted by atomic mass is 19.1. The molecule has 0 fully saturated rings. The third-order valence-corrected chi connectivity index (χ3v) is 4.66. The lowest BCUT2D eigenvalue weighted by Crippen LogP contribution is -2.13. The molecular formula is C19H19FN4. The van der Waals surface area contributed by atoms with Crippen molar-refractivity contribution >= 4 is 0 Å². The van der Waals surface area contributed by atoms with Crippen molar-refractivity contribution in [3.63, 3.8) is 0 Å². The summed E-state index contributed by atoms with van der Waals surface area (Å²) in [6.45, 7) is 5.98. The van der Waals surface area contributed by atoms with Crippen LogP contribution >= 0.6 is 0 Å². The van der Waals surface area contributed by atoms with Gasteiger partial charge in [-0.25, -0.2) is 4.39 Å². The number of nitrogens with zero attached hydrogens (tertiary/aromatic N) is 4. The van der Waals surface area contributed by atoms with E-state index in [1.54, 1.807) is 6.20 Å². The molecule has 3 aromatic rings. The van der Waals surface area contributed by atoms with Crippen molar-refractivity contribution in [2.45, 2.75) is 39.5 Å². The molecule has 1 aliphatic heterocycles. The van der Waals surface area contributed by atoms with Crippen LogP contribution in [-0.4, -0.2) is 19.7 Å². The maximum Gasteiger partial charge on any atom is 0.145 e. The van der Waals surface area contributed by atoms with Crippen LogP contribution in [0.2, 0.25) is 0 Å². The number of aromatic nitrogens is 4. The van der Waals surface area contributed by atoms with Gasteiger partial charge in [0.2, 0.25) is 0 Å². The van der Waals surface area contributed by atoms with Gasteiger partial charge in [0, 0.05) is 23.7 Å². The highest BCUT2D eigenvalue weighted by Gasteiger charge is 2.21. The van der Waals surface area contributed by atoms with Crippen LogP contribution in [0.1, 0.15) is 42.5 Å². The van der Waals surface area contributed by atoms with Gasteiger partial charge in [-0.2, -0.15) is 0 Å². The van der Waals surface area contributed by atoms with Crippen molar-refractivity contribution in [3.05, 3.63) is 59.2 Å². The van der Waals surface area contributed by atoms with E-state index in [1.807, 2.05) is 26.8 Å². The second kappa shape index (κ2) is 5.51. The molecule has 0 saturated carbocycles. The van der Waals surface area contributed by atoms with Gasteiger partial charge in [-0.05, 0) is 42.5 Å². The van der Waals surface area contributed by atoms with E-state index in [2.05, 4.69) is 31.9 Å². The molecule has 0 bridgehead atoms. The van der Waals surface area contributed by atoms with Gasteiger partial charge in [-0.15, -0.1) is 10.2 Å². The van der Waals surface area contributed by atoms with E-state index in [9.17, 15) is 4.39 Å². The zero-order chi connectivity index (χ0) is 16.8. The Morgan fingerprint density at radius 2 is 1.96 bits per heavy atom. The molecule has 24 heavy (non-hydrogen) atoms. The van der Waals surface area contributed by atoms with E-state index in [0.717, 1.165) is 46.9 Å². The summed E-state index contributed by atoms with van der Waals surface area (Å²) in [4.78, 5) is 4.06. The summed E-state index contributed by atoms with van der Waals surface area (Å²) in [5, 5.41) is 8.42. The SMILES string of the molecule is Cc1nnc2n1-c1ccc(-c3cncc(F)c3C(C)C)cc1CC2. The van der Waals surface area contributed by atoms with Gasteiger partial charge in [0.05, 0.1) is 11.9 Å². The minimum atomic E-state index is -0.239. The second-order valence-corrected chi connectivity index (χ2v) is 6.58. The second-order valence-electron chi connectivity index (χ2n) is 6.58. The van der Waals surface area contributed by atoms with Gasteiger partial charge >= 0.3 is 0 Å². The topological polar surface area (TPSA) is 43.6 Å². The zero-order valence-electron chi connectivity index (χ0n) is 14.0. The maximum atomic E-state index is 14.3. The first-order valence-electron chi connectivity index (χ1n) is 8.24. The van der Waals surface area contributed by atoms with Crippen molar-refractivity contribution in [2.75, 3.05) is 0 Å². The fourth-order valence-corrected chi connectivity index (χ4v) is 3.56. The van der Waals surface area contributed by atoms with Crippen LogP contribution in [0.4, 0.5) is 4.39 Å². The number of hydrogen-bond donors (Lipinski definition) is 0. The van der Waals surface area contributed by atoms with E-state index in [-0.39, 0.29) is 11.7 Å². The molecule has 0 spiro atoms. The number of benzene rings is 1. The molecule has 1 aliphatic rings. The van der Waals surface area contributed by atoms with Gasteiger partial charge < -0.3 is 0 Å². The number of pyridine rings is 1. The largest absolute Gasteiger partial charge is 0.283 e. The Morgan fingerprint density at radius 1 is 1.12 bits per heavy atom. The highest BCUT2D eigenvalue weighted by Crippen LogP contribution is 2.34. The highest BCUT2D eigenvalue weighted by molar-refractivity contribution is 5.70. The first-order chi connectivity index (χ1) is 11.6. The minimum Gasteiger partial charge on any atom is -0.283 e. The summed E-state index contributed by atoms with van der Waals surface area (Å²) in [5.74, 6) is 1.76. The summed E-state index contributed by atoms with van der Waals surface area (Å²) in [6, 6.07) is 6.27. The van der Waals surface area contributed by atoms with E-state index in [1.165, 1.54) is 11.8 Å². The zero-order valence-corrected chi connectivity index (χ0v) is 14.0. The van der Waals surface area contributed by atoms with E-state index >= 15 is 0 Å². The molecule has 2 aromatic heterocycles. The van der Waals surface area contributed by atoms with E-state index in [0.29, 0.717) is 0 Å². The standard InChI is InChI=1S/C19H19FN4/c1-11(2)19-15(9-21-10-16(19)20)13-4-6-17-14(8-13)5-7-18-23-22-12(3)24(17)18/h4,6,8-11H,5,7H2,1-3H3. The summed E-state index contributed by atoms with van der Waals surface area (Å²) in [5.41, 5.74) is 4.97. The predicted molar refractivity (Wildman–Crippen MR) is 90.8 cm³/mol. The van der Waals surface area contributed by atoms with E-state index in [4.69, 9.17) is 0 Å². The monoisotopic (exact) mass is 322 g/mol. The Hall–Kier alpha value is -2.56. The maximum absolute atomic E-state index is 14.3. The molecule has 122 valence electrons. The molecular weight excluding hydrogens is 303 g/mol. The summed E-state index contributed by atoms with van der Waals surface area (Å²) in [7, 11) is 0. The van der Waals surface area contributed by atoms with Crippen LogP contribution in [0.3, 0.4) is 0 Å². The average molecular weight is 322 g/mol. The Balaban J connectivity index is 1.87. The number of halogens is 1. The van der Waals surface area contributed by atoms with Crippen LogP contribution in [-0.2, 0) is 12.8 Å². The first-order valence-corrected chi connectivity index (χ1v) is 8.24. The molecule has 1 aromatic carbocycles. The number of fused-ring (bicyclic) bond motifs is 3. The van der Waals surface area contributed by atoms with Gasteiger partial charge in [0.1, 0.15) is 17.5 Å². The van der Waals surface area contributed by atoms with Gasteiger partial charge in [-0.1, -0.05) is 19.9 Å². The normalized spacial score (nSPS) is 13.0. The third-order valence-electron chi connectivity index (χ3n) is 4.66.